The summed E-state index contributed by atoms with van der Waals surface area (Å²) in [5, 5.41) is 7.71. The molecular weight excluding hydrogens is 250 g/mol. The maximum absolute atomic E-state index is 4.37. The maximum Gasteiger partial charge on any atom is 0.141 e. The summed E-state index contributed by atoms with van der Waals surface area (Å²) in [7, 11) is 0. The minimum absolute atomic E-state index is 0. The fraction of sp³-hybridized carbons (Fsp3) is 0.833. The minimum atomic E-state index is 0. The van der Waals surface area contributed by atoms with E-state index in [2.05, 4.69) is 34.1 Å². The highest BCUT2D eigenvalue weighted by atomic mass is 35.5. The predicted octanol–water partition coefficient (Wildman–Crippen LogP) is 1.29. The summed E-state index contributed by atoms with van der Waals surface area (Å²) in [6.45, 7) is 9.50. The third-order valence-corrected chi connectivity index (χ3v) is 3.43. The normalized spacial score (nSPS) is 20.7. The molecule has 1 aliphatic heterocycles. The van der Waals surface area contributed by atoms with E-state index in [-0.39, 0.29) is 12.4 Å². The van der Waals surface area contributed by atoms with Gasteiger partial charge in [-0.05, 0) is 13.3 Å². The summed E-state index contributed by atoms with van der Waals surface area (Å²) < 4.78 is 1.99. The van der Waals surface area contributed by atoms with Gasteiger partial charge in [-0.2, -0.15) is 5.10 Å². The molecule has 0 aromatic carbocycles. The van der Waals surface area contributed by atoms with Crippen LogP contribution in [0.3, 0.4) is 0 Å². The zero-order valence-electron chi connectivity index (χ0n) is 11.3. The Kier molecular flexibility index (Phi) is 6.60. The Morgan fingerprint density at radius 3 is 3.00 bits per heavy atom. The second-order valence-electron chi connectivity index (χ2n) is 4.61. The molecule has 1 saturated heterocycles. The van der Waals surface area contributed by atoms with Crippen molar-refractivity contribution in [1.82, 2.24) is 25.0 Å². The van der Waals surface area contributed by atoms with E-state index >= 15 is 0 Å². The highest BCUT2D eigenvalue weighted by Gasteiger charge is 2.22. The van der Waals surface area contributed by atoms with Crippen LogP contribution in [-0.2, 0) is 13.1 Å². The summed E-state index contributed by atoms with van der Waals surface area (Å²) in [5.41, 5.74) is 0. The molecule has 1 aromatic heterocycles. The lowest BCUT2D eigenvalue weighted by atomic mass is 10.1. The number of piperazine rings is 1. The number of hydrogen-bond donors (Lipinski definition) is 1. The van der Waals surface area contributed by atoms with Crippen LogP contribution in [0.5, 0.6) is 0 Å². The van der Waals surface area contributed by atoms with E-state index in [0.717, 1.165) is 38.5 Å². The van der Waals surface area contributed by atoms with Crippen LogP contribution >= 0.6 is 12.4 Å². The molecule has 0 saturated carbocycles. The molecule has 1 aromatic rings. The Hall–Kier alpha value is -0.650. The van der Waals surface area contributed by atoms with Gasteiger partial charge in [-0.15, -0.1) is 12.4 Å². The smallest absolute Gasteiger partial charge is 0.141 e. The van der Waals surface area contributed by atoms with Gasteiger partial charge in [-0.3, -0.25) is 4.90 Å². The second kappa shape index (κ2) is 7.71. The number of aryl methyl sites for hydroxylation is 1. The van der Waals surface area contributed by atoms with Gasteiger partial charge in [0.1, 0.15) is 12.2 Å². The van der Waals surface area contributed by atoms with Crippen molar-refractivity contribution < 1.29 is 0 Å². The van der Waals surface area contributed by atoms with Crippen LogP contribution in [0.1, 0.15) is 32.5 Å². The van der Waals surface area contributed by atoms with Crippen molar-refractivity contribution in [2.24, 2.45) is 0 Å². The average Bonchev–Trinajstić information content (AvgIpc) is 2.79. The molecule has 1 fully saturated rings. The van der Waals surface area contributed by atoms with E-state index < -0.39 is 0 Å². The molecule has 0 radical (unpaired) electrons. The van der Waals surface area contributed by atoms with E-state index in [1.54, 1.807) is 6.33 Å². The average molecular weight is 274 g/mol. The van der Waals surface area contributed by atoms with E-state index in [4.69, 9.17) is 0 Å². The van der Waals surface area contributed by atoms with Crippen molar-refractivity contribution >= 4 is 12.4 Å². The molecule has 0 amide bonds. The Balaban J connectivity index is 0.00000162. The first-order valence-electron chi connectivity index (χ1n) is 6.66. The van der Waals surface area contributed by atoms with Gasteiger partial charge in [-0.25, -0.2) is 9.67 Å². The number of nitrogens with one attached hydrogen (secondary N) is 1. The molecule has 18 heavy (non-hydrogen) atoms. The van der Waals surface area contributed by atoms with Crippen LogP contribution in [0.4, 0.5) is 0 Å². The fourth-order valence-electron chi connectivity index (χ4n) is 2.49. The van der Waals surface area contributed by atoms with Crippen LogP contribution < -0.4 is 5.32 Å². The molecule has 1 N–H and O–H groups in total. The minimum Gasteiger partial charge on any atom is -0.314 e. The van der Waals surface area contributed by atoms with Crippen molar-refractivity contribution in [3.63, 3.8) is 0 Å². The quantitative estimate of drug-likeness (QED) is 0.878. The summed E-state index contributed by atoms with van der Waals surface area (Å²) in [6.07, 6.45) is 4.16. The highest BCUT2D eigenvalue weighted by Crippen LogP contribution is 2.12. The van der Waals surface area contributed by atoms with Gasteiger partial charge >= 0.3 is 0 Å². The number of nitrogens with zero attached hydrogens (tertiary/aromatic N) is 4. The molecule has 0 spiro atoms. The van der Waals surface area contributed by atoms with Crippen molar-refractivity contribution in [2.75, 3.05) is 19.6 Å². The van der Waals surface area contributed by atoms with E-state index in [1.165, 1.54) is 12.8 Å². The molecule has 5 nitrogen and oxygen atoms in total. The van der Waals surface area contributed by atoms with Gasteiger partial charge in [0.25, 0.3) is 0 Å². The van der Waals surface area contributed by atoms with Crippen molar-refractivity contribution in [2.45, 2.75) is 45.8 Å². The van der Waals surface area contributed by atoms with Gasteiger partial charge in [0.15, 0.2) is 0 Å². The van der Waals surface area contributed by atoms with Gasteiger partial charge in [-0.1, -0.05) is 13.3 Å². The van der Waals surface area contributed by atoms with Gasteiger partial charge in [0, 0.05) is 32.2 Å². The zero-order chi connectivity index (χ0) is 12.1. The van der Waals surface area contributed by atoms with Crippen LogP contribution in [-0.4, -0.2) is 45.3 Å². The van der Waals surface area contributed by atoms with E-state index in [9.17, 15) is 0 Å². The summed E-state index contributed by atoms with van der Waals surface area (Å²) in [4.78, 5) is 6.90. The monoisotopic (exact) mass is 273 g/mol. The Bertz CT molecular complexity index is 339. The Morgan fingerprint density at radius 2 is 2.28 bits per heavy atom. The third kappa shape index (κ3) is 3.67. The largest absolute Gasteiger partial charge is 0.314 e. The molecule has 2 heterocycles. The fourth-order valence-corrected chi connectivity index (χ4v) is 2.49. The molecule has 6 heteroatoms. The van der Waals surface area contributed by atoms with Gasteiger partial charge in [0.2, 0.25) is 0 Å². The lowest BCUT2D eigenvalue weighted by Crippen LogP contribution is -2.50. The van der Waals surface area contributed by atoms with E-state index in [1.807, 2.05) is 4.68 Å². The summed E-state index contributed by atoms with van der Waals surface area (Å²) in [6, 6.07) is 0.649. The lowest BCUT2D eigenvalue weighted by Gasteiger charge is -2.35. The highest BCUT2D eigenvalue weighted by molar-refractivity contribution is 5.85. The predicted molar refractivity (Wildman–Crippen MR) is 74.9 cm³/mol. The summed E-state index contributed by atoms with van der Waals surface area (Å²) in [5.74, 6) is 1.09. The van der Waals surface area contributed by atoms with Crippen molar-refractivity contribution in [3.05, 3.63) is 12.2 Å². The molecule has 1 atom stereocenters. The van der Waals surface area contributed by atoms with E-state index in [0.29, 0.717) is 6.04 Å². The summed E-state index contributed by atoms with van der Waals surface area (Å²) >= 11 is 0. The molecule has 0 bridgehead atoms. The van der Waals surface area contributed by atoms with Crippen LogP contribution in [0.25, 0.3) is 0 Å². The maximum atomic E-state index is 4.37. The van der Waals surface area contributed by atoms with Crippen molar-refractivity contribution in [1.29, 1.82) is 0 Å². The molecule has 104 valence electrons. The molecule has 1 unspecified atom stereocenters. The third-order valence-electron chi connectivity index (χ3n) is 3.43. The van der Waals surface area contributed by atoms with Crippen LogP contribution in [0.2, 0.25) is 0 Å². The second-order valence-corrected chi connectivity index (χ2v) is 4.61. The number of halogens is 1. The zero-order valence-corrected chi connectivity index (χ0v) is 12.1. The molecule has 1 aliphatic rings. The first-order chi connectivity index (χ1) is 8.35. The first kappa shape index (κ1) is 15.4. The lowest BCUT2D eigenvalue weighted by molar-refractivity contribution is 0.138. The Labute approximate surface area is 115 Å². The van der Waals surface area contributed by atoms with Gasteiger partial charge in [0.05, 0.1) is 6.54 Å². The number of hydrogen-bond acceptors (Lipinski definition) is 4. The standard InChI is InChI=1S/C12H23N5.ClH/c1-3-5-11-8-13-6-7-16(11)9-12-14-10-15-17(12)4-2;/h10-11,13H,3-9H2,1-2H3;1H. The molecule has 2 rings (SSSR count). The van der Waals surface area contributed by atoms with Crippen LogP contribution in [0.15, 0.2) is 6.33 Å². The number of rotatable bonds is 5. The number of aromatic nitrogens is 3. The van der Waals surface area contributed by atoms with Crippen LogP contribution in [0, 0.1) is 0 Å². The molecular formula is C12H24ClN5. The first-order valence-corrected chi connectivity index (χ1v) is 6.66. The molecule has 0 aliphatic carbocycles. The topological polar surface area (TPSA) is 46.0 Å². The SMILES string of the molecule is CCCC1CNCCN1Cc1ncnn1CC.Cl. The Morgan fingerprint density at radius 1 is 1.44 bits per heavy atom. The van der Waals surface area contributed by atoms with Gasteiger partial charge < -0.3 is 5.32 Å². The van der Waals surface area contributed by atoms with Crippen molar-refractivity contribution in [3.8, 4) is 0 Å².